The number of rotatable bonds is 1. The average Bonchev–Trinajstić information content (AvgIpc) is 2.41. The smallest absolute Gasteiger partial charge is 0.309 e. The summed E-state index contributed by atoms with van der Waals surface area (Å²) in [6.07, 6.45) is 0.292. The van der Waals surface area contributed by atoms with Crippen molar-refractivity contribution in [1.82, 2.24) is 5.06 Å². The number of likely N-dealkylation sites (N-methyl/N-ethyl adjacent to an activating group) is 1. The molecule has 0 aromatic rings. The maximum absolute atomic E-state index is 11.0. The first kappa shape index (κ1) is 8.97. The van der Waals surface area contributed by atoms with Crippen molar-refractivity contribution < 1.29 is 14.4 Å². The summed E-state index contributed by atoms with van der Waals surface area (Å²) in [5.74, 6) is 0.305. The molecule has 2 rings (SSSR count). The molecule has 0 spiro atoms. The molecule has 0 N–H and O–H groups in total. The van der Waals surface area contributed by atoms with Crippen molar-refractivity contribution in [3.8, 4) is 0 Å². The second-order valence-electron chi connectivity index (χ2n) is 4.08. The molecule has 0 unspecified atom stereocenters. The molecule has 2 fully saturated rings. The lowest BCUT2D eigenvalue weighted by Gasteiger charge is -2.24. The van der Waals surface area contributed by atoms with Gasteiger partial charge in [-0.1, -0.05) is 13.8 Å². The van der Waals surface area contributed by atoms with Crippen LogP contribution in [-0.4, -0.2) is 36.3 Å². The van der Waals surface area contributed by atoms with Gasteiger partial charge in [-0.25, -0.2) is 0 Å². The summed E-state index contributed by atoms with van der Waals surface area (Å²) in [4.78, 5) is 16.5. The van der Waals surface area contributed by atoms with E-state index in [4.69, 9.17) is 9.57 Å². The van der Waals surface area contributed by atoms with Crippen LogP contribution in [0.1, 0.15) is 20.3 Å². The Morgan fingerprint density at radius 1 is 1.54 bits per heavy atom. The lowest BCUT2D eigenvalue weighted by Crippen LogP contribution is -2.38. The molecule has 0 amide bonds. The average molecular weight is 185 g/mol. The van der Waals surface area contributed by atoms with E-state index in [1.165, 1.54) is 0 Å². The van der Waals surface area contributed by atoms with Crippen molar-refractivity contribution in [3.63, 3.8) is 0 Å². The Kier molecular flexibility index (Phi) is 2.04. The van der Waals surface area contributed by atoms with E-state index < -0.39 is 0 Å². The van der Waals surface area contributed by atoms with Crippen molar-refractivity contribution in [2.75, 3.05) is 7.05 Å². The fourth-order valence-electron chi connectivity index (χ4n) is 2.23. The first-order valence-corrected chi connectivity index (χ1v) is 4.68. The van der Waals surface area contributed by atoms with Crippen LogP contribution in [0.2, 0.25) is 0 Å². The molecule has 4 heteroatoms. The maximum Gasteiger partial charge on any atom is 0.309 e. The molecule has 3 atom stereocenters. The quantitative estimate of drug-likeness (QED) is 0.560. The zero-order valence-corrected chi connectivity index (χ0v) is 8.19. The van der Waals surface area contributed by atoms with Crippen LogP contribution in [-0.2, 0) is 14.4 Å². The third-order valence-corrected chi connectivity index (χ3v) is 2.74. The highest BCUT2D eigenvalue weighted by atomic mass is 16.7. The third kappa shape index (κ3) is 1.34. The summed E-state index contributed by atoms with van der Waals surface area (Å²) in [6.45, 7) is 4.22. The summed E-state index contributed by atoms with van der Waals surface area (Å²) < 4.78 is 5.22. The van der Waals surface area contributed by atoms with E-state index in [9.17, 15) is 4.79 Å². The predicted octanol–water partition coefficient (Wildman–Crippen LogP) is 0.572. The standard InChI is InChI=1S/C9H15NO3/c1-5(2)8-9-6(13-10(8)3)4-7(11)12-9/h5-6,8-9H,4H2,1-3H3/t6-,8+,9+/m1/s1. The molecule has 0 bridgehead atoms. The normalized spacial score (nSPS) is 39.7. The van der Waals surface area contributed by atoms with Crippen LogP contribution in [0, 0.1) is 5.92 Å². The summed E-state index contributed by atoms with van der Waals surface area (Å²) in [5.41, 5.74) is 0. The summed E-state index contributed by atoms with van der Waals surface area (Å²) in [5, 5.41) is 1.83. The number of nitrogens with zero attached hydrogens (tertiary/aromatic N) is 1. The largest absolute Gasteiger partial charge is 0.458 e. The zero-order valence-electron chi connectivity index (χ0n) is 8.19. The minimum Gasteiger partial charge on any atom is -0.458 e. The summed E-state index contributed by atoms with van der Waals surface area (Å²) >= 11 is 0. The zero-order chi connectivity index (χ0) is 9.59. The van der Waals surface area contributed by atoms with Gasteiger partial charge in [-0.2, -0.15) is 5.06 Å². The molecular weight excluding hydrogens is 170 g/mol. The number of hydroxylamine groups is 2. The molecule has 13 heavy (non-hydrogen) atoms. The van der Waals surface area contributed by atoms with Crippen LogP contribution >= 0.6 is 0 Å². The fraction of sp³-hybridized carbons (Fsp3) is 0.889. The van der Waals surface area contributed by atoms with Crippen molar-refractivity contribution in [2.24, 2.45) is 5.92 Å². The Bertz CT molecular complexity index is 229. The van der Waals surface area contributed by atoms with Gasteiger partial charge < -0.3 is 4.74 Å². The van der Waals surface area contributed by atoms with E-state index in [1.807, 2.05) is 12.1 Å². The molecule has 2 heterocycles. The van der Waals surface area contributed by atoms with Crippen molar-refractivity contribution in [3.05, 3.63) is 0 Å². The minimum atomic E-state index is -0.131. The topological polar surface area (TPSA) is 38.8 Å². The number of hydrogen-bond donors (Lipinski definition) is 0. The molecule has 0 radical (unpaired) electrons. The molecule has 0 aliphatic carbocycles. The van der Waals surface area contributed by atoms with Crippen LogP contribution < -0.4 is 0 Å². The van der Waals surface area contributed by atoms with E-state index in [2.05, 4.69) is 13.8 Å². The summed E-state index contributed by atoms with van der Waals surface area (Å²) in [6, 6.07) is 0.205. The van der Waals surface area contributed by atoms with Crippen LogP contribution in [0.3, 0.4) is 0 Å². The Morgan fingerprint density at radius 3 is 2.85 bits per heavy atom. The Morgan fingerprint density at radius 2 is 2.23 bits per heavy atom. The van der Waals surface area contributed by atoms with E-state index in [0.29, 0.717) is 12.3 Å². The minimum absolute atomic E-state index is 0.0510. The van der Waals surface area contributed by atoms with Gasteiger partial charge in [-0.3, -0.25) is 9.63 Å². The number of fused-ring (bicyclic) bond motifs is 1. The van der Waals surface area contributed by atoms with Gasteiger partial charge in [0, 0.05) is 7.05 Å². The molecule has 4 nitrogen and oxygen atoms in total. The second-order valence-corrected chi connectivity index (χ2v) is 4.08. The van der Waals surface area contributed by atoms with Gasteiger partial charge in [-0.15, -0.1) is 0 Å². The SMILES string of the molecule is CC(C)[C@H]1[C@H]2OC(=O)C[C@H]2ON1C. The van der Waals surface area contributed by atoms with Gasteiger partial charge in [0.1, 0.15) is 12.2 Å². The molecular formula is C9H15NO3. The summed E-state index contributed by atoms with van der Waals surface area (Å²) in [7, 11) is 1.90. The number of carbonyl (C=O) groups excluding carboxylic acids is 1. The molecule has 0 aromatic heterocycles. The lowest BCUT2D eigenvalue weighted by molar-refractivity contribution is -0.159. The van der Waals surface area contributed by atoms with Crippen LogP contribution in [0.15, 0.2) is 0 Å². The highest BCUT2D eigenvalue weighted by Gasteiger charge is 2.50. The Hall–Kier alpha value is -0.610. The first-order chi connectivity index (χ1) is 6.09. The maximum atomic E-state index is 11.0. The molecule has 0 aromatic carbocycles. The molecule has 2 saturated heterocycles. The molecule has 2 aliphatic rings. The van der Waals surface area contributed by atoms with Gasteiger partial charge in [0.05, 0.1) is 12.5 Å². The number of carbonyl (C=O) groups is 1. The van der Waals surface area contributed by atoms with Gasteiger partial charge in [-0.05, 0) is 5.92 Å². The fourth-order valence-corrected chi connectivity index (χ4v) is 2.23. The van der Waals surface area contributed by atoms with E-state index >= 15 is 0 Å². The van der Waals surface area contributed by atoms with Gasteiger partial charge in [0.25, 0.3) is 0 Å². The molecule has 74 valence electrons. The molecule has 2 aliphatic heterocycles. The van der Waals surface area contributed by atoms with Gasteiger partial charge >= 0.3 is 5.97 Å². The van der Waals surface area contributed by atoms with Crippen LogP contribution in [0.4, 0.5) is 0 Å². The Labute approximate surface area is 77.7 Å². The monoisotopic (exact) mass is 185 g/mol. The molecule has 0 saturated carbocycles. The van der Waals surface area contributed by atoms with E-state index in [-0.39, 0.29) is 24.2 Å². The predicted molar refractivity (Wildman–Crippen MR) is 45.8 cm³/mol. The highest BCUT2D eigenvalue weighted by Crippen LogP contribution is 2.34. The van der Waals surface area contributed by atoms with Crippen molar-refractivity contribution >= 4 is 5.97 Å². The number of esters is 1. The van der Waals surface area contributed by atoms with Crippen molar-refractivity contribution in [2.45, 2.75) is 38.5 Å². The lowest BCUT2D eigenvalue weighted by atomic mass is 9.96. The van der Waals surface area contributed by atoms with Gasteiger partial charge in [0.2, 0.25) is 0 Å². The number of ether oxygens (including phenoxy) is 1. The van der Waals surface area contributed by atoms with Crippen molar-refractivity contribution in [1.29, 1.82) is 0 Å². The third-order valence-electron chi connectivity index (χ3n) is 2.74. The highest BCUT2D eigenvalue weighted by molar-refractivity contribution is 5.72. The second kappa shape index (κ2) is 2.96. The van der Waals surface area contributed by atoms with Crippen LogP contribution in [0.5, 0.6) is 0 Å². The number of hydrogen-bond acceptors (Lipinski definition) is 4. The van der Waals surface area contributed by atoms with E-state index in [0.717, 1.165) is 0 Å². The Balaban J connectivity index is 2.14. The van der Waals surface area contributed by atoms with E-state index in [1.54, 1.807) is 0 Å². The van der Waals surface area contributed by atoms with Gasteiger partial charge in [0.15, 0.2) is 0 Å². The first-order valence-electron chi connectivity index (χ1n) is 4.68. The van der Waals surface area contributed by atoms with Crippen LogP contribution in [0.25, 0.3) is 0 Å².